The lowest BCUT2D eigenvalue weighted by atomic mass is 9.96. The molecule has 3 nitrogen and oxygen atoms in total. The molecule has 0 aliphatic rings. The van der Waals surface area contributed by atoms with E-state index in [0.717, 1.165) is 5.56 Å². The van der Waals surface area contributed by atoms with Gasteiger partial charge in [0.2, 0.25) is 0 Å². The fourth-order valence-electron chi connectivity index (χ4n) is 2.15. The summed E-state index contributed by atoms with van der Waals surface area (Å²) < 4.78 is 29.2. The summed E-state index contributed by atoms with van der Waals surface area (Å²) in [5.41, 5.74) is 7.27. The first-order valence-electron chi connectivity index (χ1n) is 6.59. The molecule has 0 aromatic heterocycles. The lowest BCUT2D eigenvalue weighted by molar-refractivity contribution is -0.0510. The number of hydrogen-bond acceptors (Lipinski definition) is 3. The van der Waals surface area contributed by atoms with Crippen molar-refractivity contribution in [3.8, 4) is 5.75 Å². The van der Waals surface area contributed by atoms with Crippen molar-refractivity contribution in [2.75, 3.05) is 0 Å². The molecule has 2 aromatic rings. The van der Waals surface area contributed by atoms with E-state index in [1.165, 1.54) is 6.07 Å². The SMILES string of the molecule is N[C@@H](c1ccccc1OC(F)F)[C@H](O)Cc1ccccc1. The van der Waals surface area contributed by atoms with Gasteiger partial charge < -0.3 is 15.6 Å². The second kappa shape index (κ2) is 7.15. The molecule has 0 radical (unpaired) electrons. The molecule has 0 saturated heterocycles. The van der Waals surface area contributed by atoms with Gasteiger partial charge in [0.05, 0.1) is 12.1 Å². The summed E-state index contributed by atoms with van der Waals surface area (Å²) in [7, 11) is 0. The van der Waals surface area contributed by atoms with Crippen LogP contribution in [-0.2, 0) is 6.42 Å². The Labute approximate surface area is 122 Å². The first kappa shape index (κ1) is 15.4. The highest BCUT2D eigenvalue weighted by Crippen LogP contribution is 2.28. The van der Waals surface area contributed by atoms with Crippen molar-refractivity contribution in [1.82, 2.24) is 0 Å². The van der Waals surface area contributed by atoms with Crippen molar-refractivity contribution < 1.29 is 18.6 Å². The van der Waals surface area contributed by atoms with Crippen molar-refractivity contribution in [2.24, 2.45) is 5.73 Å². The average Bonchev–Trinajstić information content (AvgIpc) is 2.47. The molecular formula is C16H17F2NO2. The molecule has 0 saturated carbocycles. The lowest BCUT2D eigenvalue weighted by Crippen LogP contribution is -2.28. The maximum atomic E-state index is 12.4. The van der Waals surface area contributed by atoms with E-state index < -0.39 is 18.8 Å². The van der Waals surface area contributed by atoms with Gasteiger partial charge in [0.1, 0.15) is 5.75 Å². The molecule has 0 spiro atoms. The average molecular weight is 293 g/mol. The molecular weight excluding hydrogens is 276 g/mol. The third kappa shape index (κ3) is 4.24. The van der Waals surface area contributed by atoms with Crippen molar-refractivity contribution in [2.45, 2.75) is 25.2 Å². The van der Waals surface area contributed by atoms with Gasteiger partial charge in [-0.1, -0.05) is 48.5 Å². The van der Waals surface area contributed by atoms with Gasteiger partial charge in [-0.15, -0.1) is 0 Å². The Morgan fingerprint density at radius 1 is 1.00 bits per heavy atom. The second-order valence-electron chi connectivity index (χ2n) is 4.70. The molecule has 2 atom stereocenters. The van der Waals surface area contributed by atoms with Crippen LogP contribution in [0.15, 0.2) is 54.6 Å². The molecule has 2 aromatic carbocycles. The zero-order valence-corrected chi connectivity index (χ0v) is 11.3. The van der Waals surface area contributed by atoms with E-state index in [1.54, 1.807) is 18.2 Å². The largest absolute Gasteiger partial charge is 0.434 e. The molecule has 0 amide bonds. The van der Waals surface area contributed by atoms with Crippen molar-refractivity contribution >= 4 is 0 Å². The number of aliphatic hydroxyl groups is 1. The molecule has 0 aliphatic heterocycles. The third-order valence-electron chi connectivity index (χ3n) is 3.20. The third-order valence-corrected chi connectivity index (χ3v) is 3.20. The summed E-state index contributed by atoms with van der Waals surface area (Å²) >= 11 is 0. The minimum atomic E-state index is -2.93. The summed E-state index contributed by atoms with van der Waals surface area (Å²) in [6.07, 6.45) is -0.555. The first-order valence-corrected chi connectivity index (χ1v) is 6.59. The fraction of sp³-hybridized carbons (Fsp3) is 0.250. The topological polar surface area (TPSA) is 55.5 Å². The van der Waals surface area contributed by atoms with Crippen LogP contribution in [0, 0.1) is 0 Å². The Bertz CT molecular complexity index is 563. The molecule has 3 N–H and O–H groups in total. The number of aliphatic hydroxyl groups excluding tert-OH is 1. The molecule has 2 rings (SSSR count). The molecule has 0 heterocycles. The highest BCUT2D eigenvalue weighted by Gasteiger charge is 2.21. The van der Waals surface area contributed by atoms with Gasteiger partial charge in [-0.3, -0.25) is 0 Å². The van der Waals surface area contributed by atoms with Crippen LogP contribution in [0.1, 0.15) is 17.2 Å². The van der Waals surface area contributed by atoms with Crippen molar-refractivity contribution in [3.63, 3.8) is 0 Å². The number of hydrogen-bond donors (Lipinski definition) is 2. The highest BCUT2D eigenvalue weighted by atomic mass is 19.3. The monoisotopic (exact) mass is 293 g/mol. The van der Waals surface area contributed by atoms with E-state index in [1.807, 2.05) is 30.3 Å². The zero-order chi connectivity index (χ0) is 15.2. The van der Waals surface area contributed by atoms with Gasteiger partial charge in [0.15, 0.2) is 0 Å². The summed E-state index contributed by atoms with van der Waals surface area (Å²) in [4.78, 5) is 0. The smallest absolute Gasteiger partial charge is 0.387 e. The number of rotatable bonds is 6. The van der Waals surface area contributed by atoms with Crippen LogP contribution in [-0.4, -0.2) is 17.8 Å². The van der Waals surface area contributed by atoms with Crippen LogP contribution in [0.25, 0.3) is 0 Å². The Morgan fingerprint density at radius 2 is 1.62 bits per heavy atom. The predicted molar refractivity (Wildman–Crippen MR) is 76.2 cm³/mol. The Hall–Kier alpha value is -1.98. The number of halogens is 2. The van der Waals surface area contributed by atoms with E-state index in [0.29, 0.717) is 12.0 Å². The molecule has 21 heavy (non-hydrogen) atoms. The maximum Gasteiger partial charge on any atom is 0.387 e. The standard InChI is InChI=1S/C16H17F2NO2/c17-16(18)21-14-9-5-4-8-12(14)15(19)13(20)10-11-6-2-1-3-7-11/h1-9,13,15-16,20H,10,19H2/t13-,15+/m1/s1. The van der Waals surface area contributed by atoms with Crippen LogP contribution in [0.5, 0.6) is 5.75 Å². The molecule has 0 fully saturated rings. The minimum Gasteiger partial charge on any atom is -0.434 e. The molecule has 0 aliphatic carbocycles. The van der Waals surface area contributed by atoms with Gasteiger partial charge in [0, 0.05) is 12.0 Å². The number of para-hydroxylation sites is 1. The number of alkyl halides is 2. The quantitative estimate of drug-likeness (QED) is 0.861. The summed E-state index contributed by atoms with van der Waals surface area (Å²) in [5, 5.41) is 10.2. The number of nitrogens with two attached hydrogens (primary N) is 1. The lowest BCUT2D eigenvalue weighted by Gasteiger charge is -2.21. The van der Waals surface area contributed by atoms with Crippen molar-refractivity contribution in [3.05, 3.63) is 65.7 Å². The summed E-state index contributed by atoms with van der Waals surface area (Å²) in [5.74, 6) is -0.00730. The summed E-state index contributed by atoms with van der Waals surface area (Å²) in [6.45, 7) is -2.93. The Kier molecular flexibility index (Phi) is 5.25. The van der Waals surface area contributed by atoms with E-state index in [9.17, 15) is 13.9 Å². The minimum absolute atomic E-state index is 0.00730. The van der Waals surface area contributed by atoms with Crippen LogP contribution in [0.3, 0.4) is 0 Å². The van der Waals surface area contributed by atoms with Gasteiger partial charge in [-0.25, -0.2) is 0 Å². The number of ether oxygens (including phenoxy) is 1. The molecule has 0 bridgehead atoms. The zero-order valence-electron chi connectivity index (χ0n) is 11.3. The van der Waals surface area contributed by atoms with Crippen LogP contribution >= 0.6 is 0 Å². The van der Waals surface area contributed by atoms with Gasteiger partial charge in [0.25, 0.3) is 0 Å². The molecule has 0 unspecified atom stereocenters. The summed E-state index contributed by atoms with van der Waals surface area (Å²) in [6, 6.07) is 14.8. The Morgan fingerprint density at radius 3 is 2.29 bits per heavy atom. The van der Waals surface area contributed by atoms with Crippen molar-refractivity contribution in [1.29, 1.82) is 0 Å². The first-order chi connectivity index (χ1) is 10.1. The van der Waals surface area contributed by atoms with E-state index >= 15 is 0 Å². The highest BCUT2D eigenvalue weighted by molar-refractivity contribution is 5.36. The normalized spacial score (nSPS) is 14.0. The van der Waals surface area contributed by atoms with E-state index in [-0.39, 0.29) is 5.75 Å². The van der Waals surface area contributed by atoms with Gasteiger partial charge in [-0.2, -0.15) is 8.78 Å². The van der Waals surface area contributed by atoms with Crippen LogP contribution in [0.2, 0.25) is 0 Å². The molecule has 112 valence electrons. The number of benzene rings is 2. The van der Waals surface area contributed by atoms with E-state index in [2.05, 4.69) is 4.74 Å². The fourth-order valence-corrected chi connectivity index (χ4v) is 2.15. The van der Waals surface area contributed by atoms with Gasteiger partial charge in [-0.05, 0) is 11.6 Å². The Balaban J connectivity index is 2.13. The van der Waals surface area contributed by atoms with Crippen LogP contribution < -0.4 is 10.5 Å². The second-order valence-corrected chi connectivity index (χ2v) is 4.70. The van der Waals surface area contributed by atoms with E-state index in [4.69, 9.17) is 5.73 Å². The maximum absolute atomic E-state index is 12.4. The molecule has 5 heteroatoms. The predicted octanol–water partition coefficient (Wildman–Crippen LogP) is 2.89. The van der Waals surface area contributed by atoms with Crippen LogP contribution in [0.4, 0.5) is 8.78 Å². The van der Waals surface area contributed by atoms with Gasteiger partial charge >= 0.3 is 6.61 Å².